The molecule has 3 aliphatic rings. The number of para-hydroxylation sites is 3. The Morgan fingerprint density at radius 3 is 1.45 bits per heavy atom. The van der Waals surface area contributed by atoms with Crippen molar-refractivity contribution in [2.75, 3.05) is 9.80 Å². The average molecular weight is 772 g/mol. The Morgan fingerprint density at radius 2 is 0.817 bits per heavy atom. The van der Waals surface area contributed by atoms with E-state index in [0.717, 1.165) is 67.3 Å². The molecule has 1 atom stereocenters. The van der Waals surface area contributed by atoms with Crippen molar-refractivity contribution in [3.63, 3.8) is 0 Å². The minimum absolute atomic E-state index is 0.0962. The summed E-state index contributed by atoms with van der Waals surface area (Å²) >= 11 is 0. The largest absolute Gasteiger partial charge is 0.310 e. The fraction of sp³-hybridized carbons (Fsp3) is 0.0690. The van der Waals surface area contributed by atoms with Gasteiger partial charge in [-0.2, -0.15) is 0 Å². The van der Waals surface area contributed by atoms with Gasteiger partial charge in [-0.25, -0.2) is 0 Å². The Labute approximate surface area is 359 Å². The molecule has 9 aromatic rings. The Balaban J connectivity index is 1.15. The van der Waals surface area contributed by atoms with Crippen LogP contribution in [0.4, 0.5) is 34.1 Å². The standard InChI is InChI=1S/C58H42N2/c1-57(2)50-29-15-12-25-44(50)47-35-33-42(37-53(47)57)59(39-19-6-3-7-20-39)43-34-36-48-45-26-13-16-30-51(45)58(54(48)38-43)52-31-17-14-27-46(52)49-28-18-32-55(56(49)58)60(40-21-8-4-9-22-40)41-23-10-5-11-24-41/h3-38H,1-2H3/i4D,8D,9D,21D,22D. The average Bonchev–Trinajstić information content (AvgIpc) is 3.90. The van der Waals surface area contributed by atoms with Gasteiger partial charge in [0.25, 0.3) is 0 Å². The van der Waals surface area contributed by atoms with E-state index in [2.05, 4.69) is 164 Å². The van der Waals surface area contributed by atoms with Crippen LogP contribution >= 0.6 is 0 Å². The van der Waals surface area contributed by atoms with Gasteiger partial charge in [-0.05, 0) is 128 Å². The second-order valence-electron chi connectivity index (χ2n) is 16.5. The summed E-state index contributed by atoms with van der Waals surface area (Å²) in [4.78, 5) is 4.25. The fourth-order valence-corrected chi connectivity index (χ4v) is 10.7. The summed E-state index contributed by atoms with van der Waals surface area (Å²) in [5.74, 6) is 0. The molecule has 1 unspecified atom stereocenters. The molecule has 0 aliphatic heterocycles. The first-order valence-corrected chi connectivity index (χ1v) is 20.6. The van der Waals surface area contributed by atoms with Crippen LogP contribution in [0.3, 0.4) is 0 Å². The molecule has 60 heavy (non-hydrogen) atoms. The quantitative estimate of drug-likeness (QED) is 0.166. The van der Waals surface area contributed by atoms with Crippen LogP contribution in [0.1, 0.15) is 54.1 Å². The van der Waals surface area contributed by atoms with Gasteiger partial charge in [-0.15, -0.1) is 0 Å². The topological polar surface area (TPSA) is 6.48 Å². The zero-order valence-electron chi connectivity index (χ0n) is 38.3. The predicted octanol–water partition coefficient (Wildman–Crippen LogP) is 15.3. The number of anilines is 6. The lowest BCUT2D eigenvalue weighted by Gasteiger charge is -2.36. The molecule has 0 saturated heterocycles. The molecule has 0 radical (unpaired) electrons. The number of nitrogens with zero attached hydrogens (tertiary/aromatic N) is 2. The number of fused-ring (bicyclic) bond motifs is 13. The third-order valence-corrected chi connectivity index (χ3v) is 13.1. The van der Waals surface area contributed by atoms with Crippen molar-refractivity contribution in [3.8, 4) is 33.4 Å². The molecule has 0 amide bonds. The van der Waals surface area contributed by atoms with Gasteiger partial charge in [0.05, 0.1) is 18.0 Å². The molecular weight excluding hydrogens is 725 g/mol. The number of hydrogen-bond acceptors (Lipinski definition) is 2. The maximum atomic E-state index is 9.35. The molecule has 1 spiro atoms. The molecule has 0 heterocycles. The van der Waals surface area contributed by atoms with Crippen molar-refractivity contribution >= 4 is 34.1 Å². The number of rotatable bonds is 6. The molecule has 3 aliphatic carbocycles. The van der Waals surface area contributed by atoms with E-state index in [1.165, 1.54) is 22.3 Å². The molecule has 0 fully saturated rings. The molecule has 9 aromatic carbocycles. The Morgan fingerprint density at radius 1 is 0.350 bits per heavy atom. The zero-order valence-corrected chi connectivity index (χ0v) is 33.3. The van der Waals surface area contributed by atoms with Gasteiger partial charge in [0.15, 0.2) is 0 Å². The number of benzene rings is 9. The summed E-state index contributed by atoms with van der Waals surface area (Å²) in [5, 5.41) is 0. The molecule has 0 bridgehead atoms. The van der Waals surface area contributed by atoms with E-state index in [1.54, 1.807) is 0 Å². The second-order valence-corrected chi connectivity index (χ2v) is 16.5. The molecule has 2 heteroatoms. The first kappa shape index (κ1) is 29.7. The summed E-state index contributed by atoms with van der Waals surface area (Å²) in [6, 6.07) is 64.6. The van der Waals surface area contributed by atoms with E-state index >= 15 is 0 Å². The van der Waals surface area contributed by atoms with Gasteiger partial charge in [0, 0.05) is 39.4 Å². The number of hydrogen-bond donors (Lipinski definition) is 0. The van der Waals surface area contributed by atoms with Crippen LogP contribution < -0.4 is 9.80 Å². The highest BCUT2D eigenvalue weighted by Gasteiger charge is 2.53. The van der Waals surface area contributed by atoms with Gasteiger partial charge < -0.3 is 9.80 Å². The van der Waals surface area contributed by atoms with E-state index in [1.807, 2.05) is 47.4 Å². The van der Waals surface area contributed by atoms with Crippen molar-refractivity contribution in [1.82, 2.24) is 0 Å². The first-order valence-electron chi connectivity index (χ1n) is 23.1. The van der Waals surface area contributed by atoms with Gasteiger partial charge in [-0.1, -0.05) is 165 Å². The molecular formula is C58H42N2. The predicted molar refractivity (Wildman–Crippen MR) is 250 cm³/mol. The molecule has 284 valence electrons. The van der Waals surface area contributed by atoms with Crippen LogP contribution in [0, 0.1) is 0 Å². The highest BCUT2D eigenvalue weighted by molar-refractivity contribution is 6.00. The van der Waals surface area contributed by atoms with E-state index in [-0.39, 0.29) is 35.3 Å². The lowest BCUT2D eigenvalue weighted by atomic mass is 9.69. The van der Waals surface area contributed by atoms with Crippen LogP contribution in [0.5, 0.6) is 0 Å². The lowest BCUT2D eigenvalue weighted by molar-refractivity contribution is 0.660. The summed E-state index contributed by atoms with van der Waals surface area (Å²) in [5.41, 5.74) is 17.4. The van der Waals surface area contributed by atoms with Crippen LogP contribution in [0.2, 0.25) is 0 Å². The maximum Gasteiger partial charge on any atom is 0.0746 e. The van der Waals surface area contributed by atoms with Crippen molar-refractivity contribution in [1.29, 1.82) is 0 Å². The van der Waals surface area contributed by atoms with Crippen molar-refractivity contribution in [3.05, 3.63) is 252 Å². The van der Waals surface area contributed by atoms with E-state index in [0.29, 0.717) is 5.69 Å². The Bertz CT molecular complexity index is 3400. The van der Waals surface area contributed by atoms with E-state index in [9.17, 15) is 2.74 Å². The highest BCUT2D eigenvalue weighted by Crippen LogP contribution is 2.66. The van der Waals surface area contributed by atoms with Gasteiger partial charge in [0.1, 0.15) is 0 Å². The van der Waals surface area contributed by atoms with Gasteiger partial charge in [-0.3, -0.25) is 0 Å². The maximum absolute atomic E-state index is 9.35. The van der Waals surface area contributed by atoms with Crippen molar-refractivity contribution in [2.45, 2.75) is 24.7 Å². The van der Waals surface area contributed by atoms with Gasteiger partial charge in [0.2, 0.25) is 0 Å². The Kier molecular flexibility index (Phi) is 6.47. The minimum atomic E-state index is -0.866. The normalized spacial score (nSPS) is 16.9. The summed E-state index contributed by atoms with van der Waals surface area (Å²) < 4.78 is 44.9. The Hall–Kier alpha value is -7.42. The van der Waals surface area contributed by atoms with Crippen molar-refractivity contribution < 1.29 is 6.85 Å². The van der Waals surface area contributed by atoms with E-state index < -0.39 is 11.5 Å². The third kappa shape index (κ3) is 4.76. The smallest absolute Gasteiger partial charge is 0.0746 e. The molecule has 12 rings (SSSR count). The minimum Gasteiger partial charge on any atom is -0.310 e. The monoisotopic (exact) mass is 771 g/mol. The summed E-state index contributed by atoms with van der Waals surface area (Å²) in [6.07, 6.45) is 0. The molecule has 0 saturated carbocycles. The molecule has 0 N–H and O–H groups in total. The SMILES string of the molecule is [2H]c1c([2H])c([2H])c(N(c2ccccc2)c2cccc3c2C2(c4ccccc4-c4ccc(N(c5ccccc5)c5ccc6c(c5)C(C)(C)c5ccccc5-6)cc42)c2ccccc2-3)c([2H])c1[2H]. The summed E-state index contributed by atoms with van der Waals surface area (Å²) in [7, 11) is 0. The van der Waals surface area contributed by atoms with Crippen LogP contribution in [-0.2, 0) is 10.8 Å². The van der Waals surface area contributed by atoms with Crippen molar-refractivity contribution in [2.24, 2.45) is 0 Å². The van der Waals surface area contributed by atoms with E-state index in [4.69, 9.17) is 4.11 Å². The third-order valence-electron chi connectivity index (χ3n) is 13.1. The fourth-order valence-electron chi connectivity index (χ4n) is 10.7. The van der Waals surface area contributed by atoms with Crippen LogP contribution in [-0.4, -0.2) is 0 Å². The zero-order chi connectivity index (χ0) is 44.4. The van der Waals surface area contributed by atoms with Crippen LogP contribution in [0.15, 0.2) is 218 Å². The summed E-state index contributed by atoms with van der Waals surface area (Å²) in [6.45, 7) is 4.64. The molecule has 2 nitrogen and oxygen atoms in total. The second kappa shape index (κ2) is 13.0. The first-order chi connectivity index (χ1) is 31.6. The van der Waals surface area contributed by atoms with Gasteiger partial charge >= 0.3 is 0 Å². The lowest BCUT2D eigenvalue weighted by Crippen LogP contribution is -2.28. The van der Waals surface area contributed by atoms with Crippen LogP contribution in [0.25, 0.3) is 33.4 Å². The highest BCUT2D eigenvalue weighted by atomic mass is 15.2. The molecule has 0 aromatic heterocycles.